The van der Waals surface area contributed by atoms with Gasteiger partial charge in [-0.25, -0.2) is 0 Å². The number of aryl methyl sites for hydroxylation is 2. The normalized spacial score (nSPS) is 12.1. The predicted molar refractivity (Wildman–Crippen MR) is 81.5 cm³/mol. The van der Waals surface area contributed by atoms with Crippen molar-refractivity contribution in [1.82, 2.24) is 4.90 Å². The van der Waals surface area contributed by atoms with Crippen LogP contribution in [-0.4, -0.2) is 29.9 Å². The Bertz CT molecular complexity index is 405. The number of para-hydroxylation sites is 1. The monoisotopic (exact) mass is 262 g/mol. The average molecular weight is 262 g/mol. The van der Waals surface area contributed by atoms with Crippen LogP contribution < -0.4 is 5.32 Å². The summed E-state index contributed by atoms with van der Waals surface area (Å²) in [5, 5.41) is 3.42. The fraction of sp³-hybridized carbons (Fsp3) is 0.562. The van der Waals surface area contributed by atoms with Crippen molar-refractivity contribution >= 4 is 11.6 Å². The van der Waals surface area contributed by atoms with Gasteiger partial charge in [0.05, 0.1) is 0 Å². The van der Waals surface area contributed by atoms with Gasteiger partial charge < -0.3 is 10.2 Å². The van der Waals surface area contributed by atoms with E-state index < -0.39 is 0 Å². The number of nitrogens with one attached hydrogen (secondary N) is 1. The molecule has 1 aromatic carbocycles. The Morgan fingerprint density at radius 3 is 2.11 bits per heavy atom. The van der Waals surface area contributed by atoms with E-state index in [0.29, 0.717) is 0 Å². The molecule has 19 heavy (non-hydrogen) atoms. The van der Waals surface area contributed by atoms with Gasteiger partial charge in [-0.15, -0.1) is 0 Å². The van der Waals surface area contributed by atoms with Gasteiger partial charge in [0.1, 0.15) is 6.04 Å². The predicted octanol–water partition coefficient (Wildman–Crippen LogP) is 3.36. The largest absolute Gasteiger partial charge is 0.373 e. The van der Waals surface area contributed by atoms with Crippen molar-refractivity contribution in [3.8, 4) is 0 Å². The van der Waals surface area contributed by atoms with Gasteiger partial charge in [0.15, 0.2) is 0 Å². The van der Waals surface area contributed by atoms with Gasteiger partial charge in [0.25, 0.3) is 0 Å². The Kier molecular flexibility index (Phi) is 5.87. The standard InChI is InChI=1S/C16H26N2O/c1-6-14(16(19)18(7-2)8-3)17-15-12(4)10-9-11-13(15)5/h9-11,14,17H,6-8H2,1-5H3. The molecule has 1 N–H and O–H groups in total. The number of benzene rings is 1. The number of amides is 1. The minimum Gasteiger partial charge on any atom is -0.373 e. The third-order valence-electron chi connectivity index (χ3n) is 3.58. The third-order valence-corrected chi connectivity index (χ3v) is 3.58. The molecule has 0 saturated heterocycles. The van der Waals surface area contributed by atoms with Gasteiger partial charge >= 0.3 is 0 Å². The lowest BCUT2D eigenvalue weighted by atomic mass is 10.1. The quantitative estimate of drug-likeness (QED) is 0.852. The second-order valence-electron chi connectivity index (χ2n) is 4.88. The van der Waals surface area contributed by atoms with E-state index in [1.165, 1.54) is 11.1 Å². The Labute approximate surface area is 117 Å². The van der Waals surface area contributed by atoms with Crippen molar-refractivity contribution in [2.24, 2.45) is 0 Å². The van der Waals surface area contributed by atoms with Crippen LogP contribution in [0.15, 0.2) is 18.2 Å². The van der Waals surface area contributed by atoms with Crippen molar-refractivity contribution in [3.05, 3.63) is 29.3 Å². The number of carbonyl (C=O) groups excluding carboxylic acids is 1. The lowest BCUT2D eigenvalue weighted by Crippen LogP contribution is -2.42. The maximum Gasteiger partial charge on any atom is 0.245 e. The molecule has 0 aromatic heterocycles. The van der Waals surface area contributed by atoms with E-state index in [-0.39, 0.29) is 11.9 Å². The van der Waals surface area contributed by atoms with Crippen LogP contribution in [0.1, 0.15) is 38.3 Å². The maximum absolute atomic E-state index is 12.4. The van der Waals surface area contributed by atoms with Crippen molar-refractivity contribution in [2.75, 3.05) is 18.4 Å². The Morgan fingerprint density at radius 1 is 1.16 bits per heavy atom. The van der Waals surface area contributed by atoms with Gasteiger partial charge in [-0.1, -0.05) is 25.1 Å². The molecule has 0 bridgehead atoms. The Morgan fingerprint density at radius 2 is 1.68 bits per heavy atom. The first kappa shape index (κ1) is 15.5. The van der Waals surface area contributed by atoms with Crippen LogP contribution in [-0.2, 0) is 4.79 Å². The summed E-state index contributed by atoms with van der Waals surface area (Å²) in [4.78, 5) is 14.3. The van der Waals surface area contributed by atoms with Crippen LogP contribution in [0.4, 0.5) is 5.69 Å². The zero-order chi connectivity index (χ0) is 14.4. The molecule has 1 unspecified atom stereocenters. The van der Waals surface area contributed by atoms with Crippen LogP contribution in [0, 0.1) is 13.8 Å². The summed E-state index contributed by atoms with van der Waals surface area (Å²) in [6.45, 7) is 11.8. The first-order valence-electron chi connectivity index (χ1n) is 7.16. The Hall–Kier alpha value is -1.51. The highest BCUT2D eigenvalue weighted by Crippen LogP contribution is 2.21. The van der Waals surface area contributed by atoms with Crippen molar-refractivity contribution in [1.29, 1.82) is 0 Å². The number of hydrogen-bond donors (Lipinski definition) is 1. The minimum atomic E-state index is -0.139. The van der Waals surface area contributed by atoms with E-state index in [2.05, 4.69) is 31.3 Å². The van der Waals surface area contributed by atoms with Gasteiger partial charge in [0.2, 0.25) is 5.91 Å². The number of rotatable bonds is 6. The maximum atomic E-state index is 12.4. The molecule has 0 aliphatic heterocycles. The molecule has 0 aliphatic rings. The molecule has 106 valence electrons. The number of hydrogen-bond acceptors (Lipinski definition) is 2. The molecular formula is C16H26N2O. The number of likely N-dealkylation sites (N-methyl/N-ethyl adjacent to an activating group) is 1. The Balaban J connectivity index is 2.91. The van der Waals surface area contributed by atoms with Crippen LogP contribution >= 0.6 is 0 Å². The number of nitrogens with zero attached hydrogens (tertiary/aromatic N) is 1. The molecule has 0 aliphatic carbocycles. The highest BCUT2D eigenvalue weighted by atomic mass is 16.2. The van der Waals surface area contributed by atoms with Crippen LogP contribution in [0.3, 0.4) is 0 Å². The third kappa shape index (κ3) is 3.72. The highest BCUT2D eigenvalue weighted by molar-refractivity contribution is 5.85. The number of carbonyl (C=O) groups is 1. The zero-order valence-corrected chi connectivity index (χ0v) is 12.8. The van der Waals surface area contributed by atoms with Crippen molar-refractivity contribution in [3.63, 3.8) is 0 Å². The lowest BCUT2D eigenvalue weighted by Gasteiger charge is -2.27. The average Bonchev–Trinajstić information content (AvgIpc) is 2.40. The first-order chi connectivity index (χ1) is 9.04. The molecule has 0 spiro atoms. The van der Waals surface area contributed by atoms with E-state index in [0.717, 1.165) is 25.2 Å². The lowest BCUT2D eigenvalue weighted by molar-refractivity contribution is -0.131. The van der Waals surface area contributed by atoms with E-state index in [4.69, 9.17) is 0 Å². The van der Waals surface area contributed by atoms with E-state index in [9.17, 15) is 4.79 Å². The fourth-order valence-corrected chi connectivity index (χ4v) is 2.31. The summed E-state index contributed by atoms with van der Waals surface area (Å²) < 4.78 is 0. The molecule has 0 radical (unpaired) electrons. The highest BCUT2D eigenvalue weighted by Gasteiger charge is 2.21. The van der Waals surface area contributed by atoms with Gasteiger partial charge in [-0.05, 0) is 45.2 Å². The molecule has 0 fully saturated rings. The summed E-state index contributed by atoms with van der Waals surface area (Å²) in [5.74, 6) is 0.190. The summed E-state index contributed by atoms with van der Waals surface area (Å²) >= 11 is 0. The summed E-state index contributed by atoms with van der Waals surface area (Å²) in [6.07, 6.45) is 0.795. The van der Waals surface area contributed by atoms with Crippen molar-refractivity contribution in [2.45, 2.75) is 47.1 Å². The fourth-order valence-electron chi connectivity index (χ4n) is 2.31. The SMILES string of the molecule is CCC(Nc1c(C)cccc1C)C(=O)N(CC)CC. The second-order valence-corrected chi connectivity index (χ2v) is 4.88. The van der Waals surface area contributed by atoms with E-state index in [1.54, 1.807) is 0 Å². The van der Waals surface area contributed by atoms with Gasteiger partial charge in [-0.3, -0.25) is 4.79 Å². The summed E-state index contributed by atoms with van der Waals surface area (Å²) in [5.41, 5.74) is 3.46. The topological polar surface area (TPSA) is 32.3 Å². The zero-order valence-electron chi connectivity index (χ0n) is 12.8. The number of anilines is 1. The molecule has 1 amide bonds. The molecule has 1 atom stereocenters. The molecule has 0 heterocycles. The van der Waals surface area contributed by atoms with Crippen LogP contribution in [0.5, 0.6) is 0 Å². The van der Waals surface area contributed by atoms with Gasteiger partial charge in [0, 0.05) is 18.8 Å². The summed E-state index contributed by atoms with van der Waals surface area (Å²) in [6, 6.07) is 6.05. The van der Waals surface area contributed by atoms with Crippen molar-refractivity contribution < 1.29 is 4.79 Å². The molecule has 0 saturated carbocycles. The molecule has 1 aromatic rings. The summed E-state index contributed by atoms with van der Waals surface area (Å²) in [7, 11) is 0. The molecule has 3 nitrogen and oxygen atoms in total. The minimum absolute atomic E-state index is 0.139. The van der Waals surface area contributed by atoms with E-state index in [1.807, 2.05) is 31.7 Å². The molecule has 1 rings (SSSR count). The van der Waals surface area contributed by atoms with E-state index >= 15 is 0 Å². The van der Waals surface area contributed by atoms with Gasteiger partial charge in [-0.2, -0.15) is 0 Å². The smallest absolute Gasteiger partial charge is 0.245 e. The molecular weight excluding hydrogens is 236 g/mol. The van der Waals surface area contributed by atoms with Crippen LogP contribution in [0.25, 0.3) is 0 Å². The second kappa shape index (κ2) is 7.17. The first-order valence-corrected chi connectivity index (χ1v) is 7.16. The van der Waals surface area contributed by atoms with Crippen LogP contribution in [0.2, 0.25) is 0 Å². The molecule has 3 heteroatoms.